The van der Waals surface area contributed by atoms with Crippen molar-refractivity contribution in [3.63, 3.8) is 0 Å². The summed E-state index contributed by atoms with van der Waals surface area (Å²) in [6.07, 6.45) is 0.965. The van der Waals surface area contributed by atoms with Crippen LogP contribution >= 0.6 is 28.3 Å². The molecule has 1 aliphatic rings. The summed E-state index contributed by atoms with van der Waals surface area (Å²) < 4.78 is 11.2. The van der Waals surface area contributed by atoms with Gasteiger partial charge in [0.15, 0.2) is 0 Å². The molecule has 0 radical (unpaired) electrons. The Bertz CT molecular complexity index is 488. The molecular weight excluding hydrogens is 360 g/mol. The van der Waals surface area contributed by atoms with Crippen LogP contribution in [0.15, 0.2) is 16.6 Å². The molecule has 1 saturated heterocycles. The van der Waals surface area contributed by atoms with Crippen molar-refractivity contribution in [2.75, 3.05) is 33.9 Å². The summed E-state index contributed by atoms with van der Waals surface area (Å²) in [6, 6.07) is 3.45. The van der Waals surface area contributed by atoms with Gasteiger partial charge in [-0.1, -0.05) is 0 Å². The third-order valence-electron chi connectivity index (χ3n) is 3.60. The first-order valence-corrected chi connectivity index (χ1v) is 7.30. The number of hydrogen-bond acceptors (Lipinski definition) is 4. The lowest BCUT2D eigenvalue weighted by atomic mass is 10.1. The van der Waals surface area contributed by atoms with Crippen LogP contribution in [0.3, 0.4) is 0 Å². The number of likely N-dealkylation sites (tertiary alicyclic amines) is 1. The molecule has 1 atom stereocenters. The fourth-order valence-electron chi connectivity index (χ4n) is 2.38. The Kier molecular flexibility index (Phi) is 6.77. The predicted molar refractivity (Wildman–Crippen MR) is 87.6 cm³/mol. The third-order valence-corrected chi connectivity index (χ3v) is 4.38. The number of carbonyl (C=O) groups is 1. The molecule has 2 rings (SSSR count). The molecule has 1 aromatic carbocycles. The molecule has 1 fully saturated rings. The van der Waals surface area contributed by atoms with E-state index < -0.39 is 0 Å². The molecular formula is C14H20BrClN2O3. The topological polar surface area (TPSA) is 64.8 Å². The van der Waals surface area contributed by atoms with Crippen molar-refractivity contribution in [2.45, 2.75) is 6.42 Å². The van der Waals surface area contributed by atoms with Gasteiger partial charge in [-0.05, 0) is 46.9 Å². The molecule has 0 aliphatic carbocycles. The Morgan fingerprint density at radius 3 is 2.38 bits per heavy atom. The van der Waals surface area contributed by atoms with Crippen molar-refractivity contribution < 1.29 is 14.3 Å². The first-order chi connectivity index (χ1) is 9.60. The highest BCUT2D eigenvalue weighted by Crippen LogP contribution is 2.36. The number of carbonyl (C=O) groups excluding carboxylic acids is 1. The van der Waals surface area contributed by atoms with Gasteiger partial charge < -0.3 is 20.1 Å². The third kappa shape index (κ3) is 3.81. The lowest BCUT2D eigenvalue weighted by Gasteiger charge is -2.18. The Balaban J connectivity index is 0.00000220. The maximum absolute atomic E-state index is 12.5. The number of methoxy groups -OCH3 is 2. The molecule has 0 bridgehead atoms. The molecule has 0 aromatic heterocycles. The second-order valence-electron chi connectivity index (χ2n) is 4.84. The van der Waals surface area contributed by atoms with Crippen LogP contribution in [0, 0.1) is 5.92 Å². The minimum atomic E-state index is -0.00921. The number of nitrogens with zero attached hydrogens (tertiary/aromatic N) is 1. The van der Waals surface area contributed by atoms with Crippen LogP contribution in [-0.2, 0) is 0 Å². The van der Waals surface area contributed by atoms with E-state index in [1.54, 1.807) is 26.4 Å². The molecule has 7 heteroatoms. The summed E-state index contributed by atoms with van der Waals surface area (Å²) in [6.45, 7) is 2.09. The molecule has 2 N–H and O–H groups in total. The molecule has 1 aliphatic heterocycles. The molecule has 1 unspecified atom stereocenters. The van der Waals surface area contributed by atoms with Crippen LogP contribution in [0.2, 0.25) is 0 Å². The number of halogens is 2. The highest BCUT2D eigenvalue weighted by molar-refractivity contribution is 9.10. The van der Waals surface area contributed by atoms with Crippen molar-refractivity contribution in [1.82, 2.24) is 4.90 Å². The molecule has 1 heterocycles. The van der Waals surface area contributed by atoms with Gasteiger partial charge in [-0.2, -0.15) is 0 Å². The van der Waals surface area contributed by atoms with E-state index in [9.17, 15) is 4.79 Å². The molecule has 5 nitrogen and oxygen atoms in total. The average Bonchev–Trinajstić information content (AvgIpc) is 2.95. The minimum absolute atomic E-state index is 0. The summed E-state index contributed by atoms with van der Waals surface area (Å²) in [5.41, 5.74) is 6.23. The van der Waals surface area contributed by atoms with Crippen LogP contribution in [0.5, 0.6) is 11.5 Å². The summed E-state index contributed by atoms with van der Waals surface area (Å²) in [5, 5.41) is 0. The predicted octanol–water partition coefficient (Wildman–Crippen LogP) is 2.31. The van der Waals surface area contributed by atoms with Gasteiger partial charge in [0.05, 0.1) is 14.2 Å². The van der Waals surface area contributed by atoms with Crippen molar-refractivity contribution in [2.24, 2.45) is 11.7 Å². The maximum Gasteiger partial charge on any atom is 0.254 e. The monoisotopic (exact) mass is 378 g/mol. The molecule has 21 heavy (non-hydrogen) atoms. The van der Waals surface area contributed by atoms with Crippen LogP contribution in [-0.4, -0.2) is 44.7 Å². The van der Waals surface area contributed by atoms with Crippen molar-refractivity contribution >= 4 is 34.2 Å². The number of ether oxygens (including phenoxy) is 2. The lowest BCUT2D eigenvalue weighted by Crippen LogP contribution is -2.29. The fraction of sp³-hybridized carbons (Fsp3) is 0.500. The summed E-state index contributed by atoms with van der Waals surface area (Å²) >= 11 is 3.40. The van der Waals surface area contributed by atoms with Gasteiger partial charge in [-0.3, -0.25) is 4.79 Å². The zero-order chi connectivity index (χ0) is 14.7. The van der Waals surface area contributed by atoms with Crippen LogP contribution in [0.1, 0.15) is 16.8 Å². The lowest BCUT2D eigenvalue weighted by molar-refractivity contribution is 0.0787. The standard InChI is InChI=1S/C14H19BrN2O3.ClH/c1-19-11-5-10(6-12(20-2)13(11)15)14(18)17-4-3-9(7-16)8-17;/h5-6,9H,3-4,7-8,16H2,1-2H3;1H. The van der Waals surface area contributed by atoms with Gasteiger partial charge in [-0.25, -0.2) is 0 Å². The zero-order valence-electron chi connectivity index (χ0n) is 12.1. The van der Waals surface area contributed by atoms with Gasteiger partial charge in [0.2, 0.25) is 0 Å². The normalized spacial score (nSPS) is 17.3. The van der Waals surface area contributed by atoms with Crippen LogP contribution in [0.4, 0.5) is 0 Å². The summed E-state index contributed by atoms with van der Waals surface area (Å²) in [5.74, 6) is 1.56. The van der Waals surface area contributed by atoms with E-state index in [0.717, 1.165) is 19.5 Å². The molecule has 118 valence electrons. The van der Waals surface area contributed by atoms with E-state index >= 15 is 0 Å². The van der Waals surface area contributed by atoms with E-state index in [0.29, 0.717) is 34.0 Å². The van der Waals surface area contributed by atoms with Gasteiger partial charge in [0, 0.05) is 18.7 Å². The largest absolute Gasteiger partial charge is 0.495 e. The van der Waals surface area contributed by atoms with Crippen LogP contribution in [0.25, 0.3) is 0 Å². The average molecular weight is 380 g/mol. The zero-order valence-corrected chi connectivity index (χ0v) is 14.5. The van der Waals surface area contributed by atoms with E-state index in [4.69, 9.17) is 15.2 Å². The fourth-order valence-corrected chi connectivity index (χ4v) is 2.94. The highest BCUT2D eigenvalue weighted by Gasteiger charge is 2.27. The molecule has 0 saturated carbocycles. The summed E-state index contributed by atoms with van der Waals surface area (Å²) in [4.78, 5) is 14.3. The van der Waals surface area contributed by atoms with Gasteiger partial charge in [0.1, 0.15) is 16.0 Å². The minimum Gasteiger partial charge on any atom is -0.495 e. The highest BCUT2D eigenvalue weighted by atomic mass is 79.9. The van der Waals surface area contributed by atoms with Crippen molar-refractivity contribution in [3.8, 4) is 11.5 Å². The Labute approximate surface area is 139 Å². The number of benzene rings is 1. The molecule has 1 aromatic rings. The van der Waals surface area contributed by atoms with E-state index in [1.807, 2.05) is 4.90 Å². The Morgan fingerprint density at radius 2 is 1.95 bits per heavy atom. The Morgan fingerprint density at radius 1 is 1.38 bits per heavy atom. The number of rotatable bonds is 4. The van der Waals surface area contributed by atoms with Crippen molar-refractivity contribution in [3.05, 3.63) is 22.2 Å². The quantitative estimate of drug-likeness (QED) is 0.872. The second-order valence-corrected chi connectivity index (χ2v) is 5.63. The number of hydrogen-bond donors (Lipinski definition) is 1. The first kappa shape index (κ1) is 18.1. The SMILES string of the molecule is COc1cc(C(=O)N2CCC(CN)C2)cc(OC)c1Br.Cl. The van der Waals surface area contributed by atoms with E-state index in [1.165, 1.54) is 0 Å². The molecule has 0 spiro atoms. The Hall–Kier alpha value is -0.980. The van der Waals surface area contributed by atoms with Gasteiger partial charge in [-0.15, -0.1) is 12.4 Å². The van der Waals surface area contributed by atoms with E-state index in [2.05, 4.69) is 15.9 Å². The first-order valence-electron chi connectivity index (χ1n) is 6.51. The number of amides is 1. The smallest absolute Gasteiger partial charge is 0.254 e. The summed E-state index contributed by atoms with van der Waals surface area (Å²) in [7, 11) is 3.13. The van der Waals surface area contributed by atoms with Gasteiger partial charge >= 0.3 is 0 Å². The van der Waals surface area contributed by atoms with E-state index in [-0.39, 0.29) is 18.3 Å². The second kappa shape index (κ2) is 7.87. The number of nitrogens with two attached hydrogens (primary N) is 1. The van der Waals surface area contributed by atoms with Crippen LogP contribution < -0.4 is 15.2 Å². The molecule has 1 amide bonds. The van der Waals surface area contributed by atoms with Gasteiger partial charge in [0.25, 0.3) is 5.91 Å². The maximum atomic E-state index is 12.5. The van der Waals surface area contributed by atoms with Crippen molar-refractivity contribution in [1.29, 1.82) is 0 Å².